The largest absolute Gasteiger partial charge is 0.487 e. The number of ether oxygens (including phenoxy) is 2. The maximum absolute atomic E-state index is 14.0. The van der Waals surface area contributed by atoms with E-state index in [1.54, 1.807) is 23.1 Å². The van der Waals surface area contributed by atoms with Crippen LogP contribution in [-0.4, -0.2) is 62.7 Å². The second kappa shape index (κ2) is 10.1. The first-order chi connectivity index (χ1) is 17.4. The van der Waals surface area contributed by atoms with Gasteiger partial charge in [-0.3, -0.25) is 9.67 Å². The fourth-order valence-corrected chi connectivity index (χ4v) is 4.29. The van der Waals surface area contributed by atoms with Crippen LogP contribution in [0.5, 0.6) is 5.75 Å². The number of fused-ring (bicyclic) bond motifs is 1. The molecule has 4 aromatic rings. The lowest BCUT2D eigenvalue weighted by Gasteiger charge is -2.33. The first-order valence-corrected chi connectivity index (χ1v) is 11.6. The SMILES string of the molecule is COC[C@H](O)c1cc2nc(N3CCC(Oc4ccc(F)cc4F)CC3)c(-c3cnn(C)c3)nc2cn1. The standard InChI is InChI=1S/C25H26F2N6O3/c1-32-13-15(11-29-32)24-25(31-19-10-20(22(34)14-35-2)28-12-21(19)30-24)33-7-5-17(6-8-33)36-23-4-3-16(26)9-18(23)27/h3-4,9-13,17,22,34H,5-8,14H2,1-2H3/t22-/m0/s1. The first-order valence-electron chi connectivity index (χ1n) is 11.6. The van der Waals surface area contributed by atoms with Crippen LogP contribution in [0.1, 0.15) is 24.6 Å². The molecule has 1 aliphatic rings. The average Bonchev–Trinajstić information content (AvgIpc) is 3.31. The van der Waals surface area contributed by atoms with E-state index in [0.717, 1.165) is 11.6 Å². The van der Waals surface area contributed by atoms with Crippen molar-refractivity contribution < 1.29 is 23.4 Å². The van der Waals surface area contributed by atoms with E-state index in [0.29, 0.717) is 54.2 Å². The van der Waals surface area contributed by atoms with E-state index in [1.165, 1.54) is 19.2 Å². The highest BCUT2D eigenvalue weighted by molar-refractivity contribution is 5.83. The molecule has 0 amide bonds. The quantitative estimate of drug-likeness (QED) is 0.416. The van der Waals surface area contributed by atoms with Gasteiger partial charge in [-0.05, 0) is 18.2 Å². The van der Waals surface area contributed by atoms with Crippen molar-refractivity contribution in [3.63, 3.8) is 0 Å². The number of benzene rings is 1. The third-order valence-corrected chi connectivity index (χ3v) is 6.13. The zero-order valence-electron chi connectivity index (χ0n) is 19.9. The Morgan fingerprint density at radius 2 is 1.92 bits per heavy atom. The number of hydrogen-bond donors (Lipinski definition) is 1. The van der Waals surface area contributed by atoms with E-state index in [9.17, 15) is 13.9 Å². The minimum atomic E-state index is -0.873. The number of methoxy groups -OCH3 is 1. The predicted molar refractivity (Wildman–Crippen MR) is 129 cm³/mol. The van der Waals surface area contributed by atoms with E-state index >= 15 is 0 Å². The summed E-state index contributed by atoms with van der Waals surface area (Å²) in [6.07, 6.45) is 5.36. The molecule has 4 heterocycles. The number of hydrogen-bond acceptors (Lipinski definition) is 8. The fourth-order valence-electron chi connectivity index (χ4n) is 4.29. The van der Waals surface area contributed by atoms with Crippen LogP contribution in [-0.2, 0) is 11.8 Å². The Kier molecular flexibility index (Phi) is 6.75. The van der Waals surface area contributed by atoms with Gasteiger partial charge in [0.2, 0.25) is 0 Å². The molecule has 1 atom stereocenters. The number of aryl methyl sites for hydroxylation is 1. The van der Waals surface area contributed by atoms with Crippen LogP contribution in [0.4, 0.5) is 14.6 Å². The number of halogens is 2. The highest BCUT2D eigenvalue weighted by atomic mass is 19.1. The van der Waals surface area contributed by atoms with Gasteiger partial charge in [-0.25, -0.2) is 18.7 Å². The highest BCUT2D eigenvalue weighted by Gasteiger charge is 2.26. The highest BCUT2D eigenvalue weighted by Crippen LogP contribution is 2.32. The molecule has 0 saturated carbocycles. The Bertz CT molecular complexity index is 1370. The number of rotatable bonds is 7. The Morgan fingerprint density at radius 3 is 2.61 bits per heavy atom. The van der Waals surface area contributed by atoms with E-state index in [2.05, 4.69) is 15.0 Å². The molecule has 3 aromatic heterocycles. The molecule has 0 spiro atoms. The van der Waals surface area contributed by atoms with Gasteiger partial charge in [-0.2, -0.15) is 5.10 Å². The summed E-state index contributed by atoms with van der Waals surface area (Å²) >= 11 is 0. The second-order valence-electron chi connectivity index (χ2n) is 8.75. The van der Waals surface area contributed by atoms with Crippen LogP contribution < -0.4 is 9.64 Å². The van der Waals surface area contributed by atoms with Crippen molar-refractivity contribution in [2.45, 2.75) is 25.0 Å². The summed E-state index contributed by atoms with van der Waals surface area (Å²) in [5, 5.41) is 14.6. The van der Waals surface area contributed by atoms with E-state index in [4.69, 9.17) is 19.4 Å². The van der Waals surface area contributed by atoms with Crippen molar-refractivity contribution in [1.82, 2.24) is 24.7 Å². The molecule has 36 heavy (non-hydrogen) atoms. The molecule has 1 fully saturated rings. The summed E-state index contributed by atoms with van der Waals surface area (Å²) in [7, 11) is 3.35. The lowest BCUT2D eigenvalue weighted by atomic mass is 10.1. The molecule has 1 N–H and O–H groups in total. The minimum Gasteiger partial charge on any atom is -0.487 e. The Morgan fingerprint density at radius 1 is 1.11 bits per heavy atom. The minimum absolute atomic E-state index is 0.0473. The number of aromatic nitrogens is 5. The number of anilines is 1. The number of nitrogens with zero attached hydrogens (tertiary/aromatic N) is 6. The van der Waals surface area contributed by atoms with Gasteiger partial charge in [-0.15, -0.1) is 0 Å². The van der Waals surface area contributed by atoms with Gasteiger partial charge >= 0.3 is 0 Å². The first kappa shape index (κ1) is 24.0. The molecule has 0 aliphatic carbocycles. The Labute approximate surface area is 206 Å². The normalized spacial score (nSPS) is 15.4. The molecule has 188 valence electrons. The number of piperidine rings is 1. The summed E-state index contributed by atoms with van der Waals surface area (Å²) < 4.78 is 39.8. The van der Waals surface area contributed by atoms with Crippen LogP contribution in [0.2, 0.25) is 0 Å². The van der Waals surface area contributed by atoms with Crippen LogP contribution in [0.15, 0.2) is 42.9 Å². The summed E-state index contributed by atoms with van der Waals surface area (Å²) in [5.74, 6) is -0.622. The molecule has 11 heteroatoms. The van der Waals surface area contributed by atoms with Gasteiger partial charge in [0.25, 0.3) is 0 Å². The van der Waals surface area contributed by atoms with Crippen molar-refractivity contribution in [1.29, 1.82) is 0 Å². The molecular weight excluding hydrogens is 470 g/mol. The third kappa shape index (κ3) is 4.98. The average molecular weight is 497 g/mol. The van der Waals surface area contributed by atoms with Crippen LogP contribution in [0.25, 0.3) is 22.3 Å². The Balaban J connectivity index is 1.43. The lowest BCUT2D eigenvalue weighted by Crippen LogP contribution is -2.39. The van der Waals surface area contributed by atoms with Gasteiger partial charge in [0.15, 0.2) is 17.4 Å². The molecule has 0 bridgehead atoms. The molecule has 0 radical (unpaired) electrons. The van der Waals surface area contributed by atoms with Crippen LogP contribution in [0.3, 0.4) is 0 Å². The monoisotopic (exact) mass is 496 g/mol. The predicted octanol–water partition coefficient (Wildman–Crippen LogP) is 3.43. The molecule has 0 unspecified atom stereocenters. The van der Waals surface area contributed by atoms with Gasteiger partial charge in [0.1, 0.15) is 29.2 Å². The van der Waals surface area contributed by atoms with E-state index in [1.807, 2.05) is 13.2 Å². The number of pyridine rings is 1. The van der Waals surface area contributed by atoms with Crippen molar-refractivity contribution in [3.05, 3.63) is 60.2 Å². The molecule has 1 aliphatic heterocycles. The molecule has 5 rings (SSSR count). The summed E-state index contributed by atoms with van der Waals surface area (Å²) in [5.41, 5.74) is 3.14. The van der Waals surface area contributed by atoms with Gasteiger partial charge < -0.3 is 19.5 Å². The van der Waals surface area contributed by atoms with Gasteiger partial charge in [0.05, 0.1) is 30.2 Å². The third-order valence-electron chi connectivity index (χ3n) is 6.13. The maximum atomic E-state index is 14.0. The van der Waals surface area contributed by atoms with Crippen molar-refractivity contribution >= 4 is 16.9 Å². The maximum Gasteiger partial charge on any atom is 0.167 e. The second-order valence-corrected chi connectivity index (χ2v) is 8.75. The lowest BCUT2D eigenvalue weighted by molar-refractivity contribution is 0.0618. The van der Waals surface area contributed by atoms with Gasteiger partial charge in [-0.1, -0.05) is 0 Å². The number of aliphatic hydroxyl groups is 1. The Hall–Kier alpha value is -3.70. The smallest absolute Gasteiger partial charge is 0.167 e. The zero-order chi connectivity index (χ0) is 25.2. The molecule has 9 nitrogen and oxygen atoms in total. The molecule has 1 saturated heterocycles. The fraction of sp³-hybridized carbons (Fsp3) is 0.360. The number of aliphatic hydroxyl groups excluding tert-OH is 1. The summed E-state index contributed by atoms with van der Waals surface area (Å²) in [4.78, 5) is 16.2. The van der Waals surface area contributed by atoms with Crippen molar-refractivity contribution in [3.8, 4) is 17.0 Å². The van der Waals surface area contributed by atoms with E-state index < -0.39 is 17.7 Å². The zero-order valence-corrected chi connectivity index (χ0v) is 19.9. The van der Waals surface area contributed by atoms with Crippen molar-refractivity contribution in [2.24, 2.45) is 7.05 Å². The molecule has 1 aromatic carbocycles. The van der Waals surface area contributed by atoms with Crippen LogP contribution >= 0.6 is 0 Å². The molecular formula is C25H26F2N6O3. The summed E-state index contributed by atoms with van der Waals surface area (Å²) in [6, 6.07) is 5.04. The van der Waals surface area contributed by atoms with Crippen molar-refractivity contribution in [2.75, 3.05) is 31.7 Å². The topological polar surface area (TPSA) is 98.4 Å². The van der Waals surface area contributed by atoms with Gasteiger partial charge in [0, 0.05) is 57.9 Å². The van der Waals surface area contributed by atoms with E-state index in [-0.39, 0.29) is 18.5 Å². The van der Waals surface area contributed by atoms with Crippen LogP contribution in [0, 0.1) is 11.6 Å². The summed E-state index contributed by atoms with van der Waals surface area (Å²) in [6.45, 7) is 1.32.